The molecule has 4 N–H and O–H groups in total. The van der Waals surface area contributed by atoms with E-state index in [0.717, 1.165) is 18.4 Å². The van der Waals surface area contributed by atoms with Gasteiger partial charge in [-0.1, -0.05) is 36.4 Å². The lowest BCUT2D eigenvalue weighted by atomic mass is 9.85. The van der Waals surface area contributed by atoms with Gasteiger partial charge in [0.25, 0.3) is 0 Å². The predicted octanol–water partition coefficient (Wildman–Crippen LogP) is 3.71. The summed E-state index contributed by atoms with van der Waals surface area (Å²) in [7, 11) is 0. The molecule has 5 rings (SSSR count). The van der Waals surface area contributed by atoms with Gasteiger partial charge in [-0.2, -0.15) is 4.98 Å². The van der Waals surface area contributed by atoms with Gasteiger partial charge in [-0.3, -0.25) is 0 Å². The standard InChI is InChI=1S/C21H23N5/c22-20-18(12-24-21(23)25-20)14-10-15-8-9-16(11-14)26(15)19-7-3-5-13-4-1-2-6-17(13)19/h1-7,12,14-16H,8-11H2,(H4,22,23,24,25). The molecule has 2 unspecified atom stereocenters. The maximum atomic E-state index is 6.14. The van der Waals surface area contributed by atoms with E-state index in [1.807, 2.05) is 6.20 Å². The van der Waals surface area contributed by atoms with Crippen LogP contribution in [-0.4, -0.2) is 22.1 Å². The first-order valence-corrected chi connectivity index (χ1v) is 9.34. The Balaban J connectivity index is 1.49. The number of rotatable bonds is 2. The van der Waals surface area contributed by atoms with E-state index in [1.54, 1.807) is 0 Å². The number of benzene rings is 2. The zero-order chi connectivity index (χ0) is 17.7. The van der Waals surface area contributed by atoms with Gasteiger partial charge in [0, 0.05) is 34.9 Å². The molecule has 0 amide bonds. The minimum absolute atomic E-state index is 0.252. The molecule has 0 radical (unpaired) electrons. The number of nitrogens with two attached hydrogens (primary N) is 2. The number of fused-ring (bicyclic) bond motifs is 3. The van der Waals surface area contributed by atoms with Gasteiger partial charge in [0.1, 0.15) is 5.82 Å². The molecule has 26 heavy (non-hydrogen) atoms. The molecule has 5 nitrogen and oxygen atoms in total. The lowest BCUT2D eigenvalue weighted by Crippen LogP contribution is -2.42. The first-order chi connectivity index (χ1) is 12.7. The normalized spacial score (nSPS) is 24.9. The van der Waals surface area contributed by atoms with Crippen LogP contribution in [-0.2, 0) is 0 Å². The van der Waals surface area contributed by atoms with Crippen LogP contribution in [0.2, 0.25) is 0 Å². The molecule has 1 aromatic heterocycles. The summed E-state index contributed by atoms with van der Waals surface area (Å²) in [5.74, 6) is 1.21. The predicted molar refractivity (Wildman–Crippen MR) is 106 cm³/mol. The summed E-state index contributed by atoms with van der Waals surface area (Å²) in [4.78, 5) is 11.0. The maximum absolute atomic E-state index is 6.14. The molecule has 2 bridgehead atoms. The smallest absolute Gasteiger partial charge is 0.221 e. The van der Waals surface area contributed by atoms with Gasteiger partial charge in [-0.15, -0.1) is 0 Å². The number of hydrogen-bond acceptors (Lipinski definition) is 5. The lowest BCUT2D eigenvalue weighted by molar-refractivity contribution is 0.416. The Bertz CT molecular complexity index is 950. The van der Waals surface area contributed by atoms with Crippen molar-refractivity contribution in [2.45, 2.75) is 43.7 Å². The molecule has 0 saturated carbocycles. The number of piperidine rings is 1. The Hall–Kier alpha value is -2.82. The van der Waals surface area contributed by atoms with Crippen LogP contribution >= 0.6 is 0 Å². The van der Waals surface area contributed by atoms with Crippen molar-refractivity contribution >= 4 is 28.2 Å². The zero-order valence-electron chi connectivity index (χ0n) is 14.7. The SMILES string of the molecule is Nc1ncc(C2CC3CCC(C2)N3c2cccc3ccccc23)c(N)n1. The molecule has 2 aromatic carbocycles. The van der Waals surface area contributed by atoms with E-state index in [0.29, 0.717) is 23.8 Å². The Kier molecular flexibility index (Phi) is 3.48. The minimum atomic E-state index is 0.252. The number of nitrogen functional groups attached to an aromatic ring is 2. The summed E-state index contributed by atoms with van der Waals surface area (Å²) in [5.41, 5.74) is 14.2. The lowest BCUT2D eigenvalue weighted by Gasteiger charge is -2.41. The van der Waals surface area contributed by atoms with Crippen molar-refractivity contribution < 1.29 is 0 Å². The van der Waals surface area contributed by atoms with Crippen LogP contribution in [0.4, 0.5) is 17.5 Å². The van der Waals surface area contributed by atoms with Crippen LogP contribution in [0.3, 0.4) is 0 Å². The topological polar surface area (TPSA) is 81.1 Å². The zero-order valence-corrected chi connectivity index (χ0v) is 14.7. The molecule has 5 heteroatoms. The van der Waals surface area contributed by atoms with E-state index in [1.165, 1.54) is 29.3 Å². The average molecular weight is 345 g/mol. The van der Waals surface area contributed by atoms with E-state index in [-0.39, 0.29) is 5.95 Å². The summed E-state index contributed by atoms with van der Waals surface area (Å²) in [5, 5.41) is 2.66. The van der Waals surface area contributed by atoms with Crippen LogP contribution in [0.15, 0.2) is 48.7 Å². The molecule has 2 fully saturated rings. The molecule has 2 aliphatic rings. The monoisotopic (exact) mass is 345 g/mol. The highest BCUT2D eigenvalue weighted by molar-refractivity contribution is 5.94. The Morgan fingerprint density at radius 2 is 1.65 bits per heavy atom. The first-order valence-electron chi connectivity index (χ1n) is 9.34. The van der Waals surface area contributed by atoms with Gasteiger partial charge in [0.2, 0.25) is 5.95 Å². The van der Waals surface area contributed by atoms with E-state index in [9.17, 15) is 0 Å². The van der Waals surface area contributed by atoms with Crippen LogP contribution in [0, 0.1) is 0 Å². The van der Waals surface area contributed by atoms with E-state index >= 15 is 0 Å². The molecule has 2 aliphatic heterocycles. The van der Waals surface area contributed by atoms with Gasteiger partial charge >= 0.3 is 0 Å². The van der Waals surface area contributed by atoms with E-state index in [4.69, 9.17) is 11.5 Å². The maximum Gasteiger partial charge on any atom is 0.221 e. The molecule has 2 saturated heterocycles. The second kappa shape index (κ2) is 5.87. The fourth-order valence-corrected chi connectivity index (χ4v) is 4.99. The highest BCUT2D eigenvalue weighted by atomic mass is 15.2. The van der Waals surface area contributed by atoms with Crippen LogP contribution in [0.5, 0.6) is 0 Å². The Morgan fingerprint density at radius 3 is 2.42 bits per heavy atom. The van der Waals surface area contributed by atoms with Crippen molar-refractivity contribution in [2.24, 2.45) is 0 Å². The second-order valence-corrected chi connectivity index (χ2v) is 7.53. The first kappa shape index (κ1) is 15.4. The third-order valence-electron chi connectivity index (χ3n) is 6.08. The second-order valence-electron chi connectivity index (χ2n) is 7.53. The third-order valence-corrected chi connectivity index (χ3v) is 6.08. The molecule has 132 valence electrons. The Morgan fingerprint density at radius 1 is 0.923 bits per heavy atom. The number of aromatic nitrogens is 2. The molecular formula is C21H23N5. The molecule has 2 atom stereocenters. The van der Waals surface area contributed by atoms with Crippen molar-refractivity contribution in [1.29, 1.82) is 0 Å². The fourth-order valence-electron chi connectivity index (χ4n) is 4.99. The average Bonchev–Trinajstić information content (AvgIpc) is 2.90. The van der Waals surface area contributed by atoms with Crippen molar-refractivity contribution in [3.8, 4) is 0 Å². The van der Waals surface area contributed by atoms with Gasteiger partial charge < -0.3 is 16.4 Å². The van der Waals surface area contributed by atoms with Gasteiger partial charge in [-0.05, 0) is 43.1 Å². The van der Waals surface area contributed by atoms with Crippen molar-refractivity contribution in [2.75, 3.05) is 16.4 Å². The van der Waals surface area contributed by atoms with Gasteiger partial charge in [0.15, 0.2) is 0 Å². The van der Waals surface area contributed by atoms with Gasteiger partial charge in [-0.25, -0.2) is 4.98 Å². The van der Waals surface area contributed by atoms with Crippen LogP contribution in [0.25, 0.3) is 10.8 Å². The fraction of sp³-hybridized carbons (Fsp3) is 0.333. The van der Waals surface area contributed by atoms with Crippen LogP contribution < -0.4 is 16.4 Å². The quantitative estimate of drug-likeness (QED) is 0.740. The molecule has 3 heterocycles. The minimum Gasteiger partial charge on any atom is -0.383 e. The van der Waals surface area contributed by atoms with Crippen LogP contribution in [0.1, 0.15) is 37.2 Å². The summed E-state index contributed by atoms with van der Waals surface area (Å²) in [6, 6.07) is 16.4. The highest BCUT2D eigenvalue weighted by Gasteiger charge is 2.42. The highest BCUT2D eigenvalue weighted by Crippen LogP contribution is 2.47. The third kappa shape index (κ3) is 2.38. The molecule has 3 aromatic rings. The molecule has 0 spiro atoms. The van der Waals surface area contributed by atoms with Crippen molar-refractivity contribution in [3.05, 3.63) is 54.2 Å². The number of hydrogen-bond donors (Lipinski definition) is 2. The number of nitrogens with zero attached hydrogens (tertiary/aromatic N) is 3. The number of anilines is 3. The summed E-state index contributed by atoms with van der Waals surface area (Å²) < 4.78 is 0. The summed E-state index contributed by atoms with van der Waals surface area (Å²) in [6.45, 7) is 0. The largest absolute Gasteiger partial charge is 0.383 e. The molecular weight excluding hydrogens is 322 g/mol. The van der Waals surface area contributed by atoms with E-state index < -0.39 is 0 Å². The van der Waals surface area contributed by atoms with Gasteiger partial charge in [0.05, 0.1) is 0 Å². The van der Waals surface area contributed by atoms with Crippen molar-refractivity contribution in [3.63, 3.8) is 0 Å². The summed E-state index contributed by atoms with van der Waals surface area (Å²) in [6.07, 6.45) is 6.49. The Labute approximate surface area is 153 Å². The molecule has 0 aliphatic carbocycles. The van der Waals surface area contributed by atoms with E-state index in [2.05, 4.69) is 57.3 Å². The van der Waals surface area contributed by atoms with Crippen molar-refractivity contribution in [1.82, 2.24) is 9.97 Å². The summed E-state index contributed by atoms with van der Waals surface area (Å²) >= 11 is 0.